The summed E-state index contributed by atoms with van der Waals surface area (Å²) < 4.78 is 6.12. The number of carbonyl (C=O) groups is 1. The van der Waals surface area contributed by atoms with Gasteiger partial charge in [-0.05, 0) is 12.8 Å². The van der Waals surface area contributed by atoms with Gasteiger partial charge in [-0.1, -0.05) is 0 Å². The van der Waals surface area contributed by atoms with E-state index < -0.39 is 5.97 Å². The molecule has 1 aromatic heterocycles. The van der Waals surface area contributed by atoms with Gasteiger partial charge in [-0.25, -0.2) is 9.78 Å². The molecular weight excluding hydrogens is 208 g/mol. The molecule has 0 atom stereocenters. The maximum atomic E-state index is 11.1. The molecule has 16 heavy (non-hydrogen) atoms. The number of nitrogens with zero attached hydrogens (tertiary/aromatic N) is 4. The molecule has 6 nitrogen and oxygen atoms in total. The number of aromatic nitrogens is 3. The Balaban J connectivity index is 2.04. The smallest absolute Gasteiger partial charge is 0.377 e. The van der Waals surface area contributed by atoms with Crippen LogP contribution in [0.3, 0.4) is 0 Å². The third-order valence-corrected chi connectivity index (χ3v) is 2.81. The van der Waals surface area contributed by atoms with Gasteiger partial charge in [0, 0.05) is 18.4 Å². The Labute approximate surface area is 92.8 Å². The maximum Gasteiger partial charge on any atom is 0.377 e. The van der Waals surface area contributed by atoms with Gasteiger partial charge in [0.15, 0.2) is 0 Å². The van der Waals surface area contributed by atoms with E-state index in [0.717, 1.165) is 12.8 Å². The van der Waals surface area contributed by atoms with Crippen LogP contribution >= 0.6 is 0 Å². The second kappa shape index (κ2) is 3.93. The lowest BCUT2D eigenvalue weighted by molar-refractivity contribution is 0.0586. The molecule has 1 saturated carbocycles. The highest BCUT2D eigenvalue weighted by atomic mass is 16.5. The molecule has 6 heteroatoms. The molecular formula is C10H12N4O2. The van der Waals surface area contributed by atoms with E-state index in [1.54, 1.807) is 4.68 Å². The average Bonchev–Trinajstić information content (AvgIpc) is 2.87. The fraction of sp³-hybridized carbons (Fsp3) is 0.600. The lowest BCUT2D eigenvalue weighted by atomic mass is 10.0. The molecule has 0 amide bonds. The zero-order valence-electron chi connectivity index (χ0n) is 9.01. The number of nitriles is 1. The van der Waals surface area contributed by atoms with E-state index in [1.807, 2.05) is 0 Å². The first-order valence-corrected chi connectivity index (χ1v) is 5.04. The zero-order chi connectivity index (χ0) is 11.6. The van der Waals surface area contributed by atoms with Crippen molar-refractivity contribution in [2.75, 3.05) is 7.11 Å². The quantitative estimate of drug-likeness (QED) is 0.699. The van der Waals surface area contributed by atoms with Gasteiger partial charge in [-0.15, -0.1) is 5.10 Å². The van der Waals surface area contributed by atoms with Gasteiger partial charge in [0.1, 0.15) is 6.33 Å². The summed E-state index contributed by atoms with van der Waals surface area (Å²) in [6.07, 6.45) is 4.10. The molecule has 0 N–H and O–H groups in total. The monoisotopic (exact) mass is 220 g/mol. The lowest BCUT2D eigenvalue weighted by Gasteiger charge is -2.09. The fourth-order valence-electron chi connectivity index (χ4n) is 1.63. The topological polar surface area (TPSA) is 80.8 Å². The minimum atomic E-state index is -0.538. The number of hydrogen-bond donors (Lipinski definition) is 0. The number of rotatable bonds is 4. The molecule has 1 fully saturated rings. The van der Waals surface area contributed by atoms with Crippen molar-refractivity contribution >= 4 is 5.97 Å². The van der Waals surface area contributed by atoms with Crippen LogP contribution in [0, 0.1) is 16.7 Å². The summed E-state index contributed by atoms with van der Waals surface area (Å²) in [6, 6.07) is 2.18. The van der Waals surface area contributed by atoms with Gasteiger partial charge in [0.05, 0.1) is 13.2 Å². The zero-order valence-corrected chi connectivity index (χ0v) is 9.01. The highest BCUT2D eigenvalue weighted by Gasteiger charge is 2.43. The minimum Gasteiger partial charge on any atom is -0.463 e. The van der Waals surface area contributed by atoms with Crippen molar-refractivity contribution in [2.24, 2.45) is 5.41 Å². The number of esters is 1. The number of hydrogen-bond acceptors (Lipinski definition) is 5. The van der Waals surface area contributed by atoms with Gasteiger partial charge in [0.25, 0.3) is 5.82 Å². The summed E-state index contributed by atoms with van der Waals surface area (Å²) in [4.78, 5) is 15.0. The Morgan fingerprint density at radius 1 is 1.75 bits per heavy atom. The van der Waals surface area contributed by atoms with Gasteiger partial charge >= 0.3 is 5.97 Å². The van der Waals surface area contributed by atoms with Crippen LogP contribution in [-0.2, 0) is 11.3 Å². The Bertz CT molecular complexity index is 442. The van der Waals surface area contributed by atoms with Gasteiger partial charge in [-0.3, -0.25) is 4.68 Å². The van der Waals surface area contributed by atoms with Crippen LogP contribution in [0.4, 0.5) is 0 Å². The first-order valence-electron chi connectivity index (χ1n) is 5.04. The first-order chi connectivity index (χ1) is 7.69. The molecule has 0 saturated heterocycles. The normalized spacial score (nSPS) is 16.5. The second-order valence-corrected chi connectivity index (χ2v) is 4.09. The van der Waals surface area contributed by atoms with Crippen molar-refractivity contribution in [1.29, 1.82) is 5.26 Å². The van der Waals surface area contributed by atoms with E-state index in [2.05, 4.69) is 20.9 Å². The molecule has 0 bridgehead atoms. The summed E-state index contributed by atoms with van der Waals surface area (Å²) in [5.74, 6) is -0.473. The van der Waals surface area contributed by atoms with Crippen LogP contribution in [0.5, 0.6) is 0 Å². The van der Waals surface area contributed by atoms with Gasteiger partial charge in [-0.2, -0.15) is 5.26 Å². The van der Waals surface area contributed by atoms with Crippen LogP contribution in [0.15, 0.2) is 6.33 Å². The van der Waals surface area contributed by atoms with Crippen LogP contribution in [0.25, 0.3) is 0 Å². The van der Waals surface area contributed by atoms with Gasteiger partial charge < -0.3 is 4.74 Å². The summed E-state index contributed by atoms with van der Waals surface area (Å²) >= 11 is 0. The van der Waals surface area contributed by atoms with Crippen LogP contribution in [-0.4, -0.2) is 27.8 Å². The third kappa shape index (κ3) is 2.03. The molecule has 1 aliphatic rings. The van der Waals surface area contributed by atoms with Crippen LogP contribution in [0.2, 0.25) is 0 Å². The van der Waals surface area contributed by atoms with E-state index in [-0.39, 0.29) is 11.2 Å². The summed E-state index contributed by atoms with van der Waals surface area (Å²) in [7, 11) is 1.29. The highest BCUT2D eigenvalue weighted by Crippen LogP contribution is 2.49. The maximum absolute atomic E-state index is 11.1. The van der Waals surface area contributed by atoms with Crippen LogP contribution < -0.4 is 0 Å². The molecule has 0 aromatic carbocycles. The summed E-state index contributed by atoms with van der Waals surface area (Å²) in [5, 5.41) is 12.7. The first kappa shape index (κ1) is 10.6. The molecule has 0 unspecified atom stereocenters. The highest BCUT2D eigenvalue weighted by molar-refractivity contribution is 5.84. The van der Waals surface area contributed by atoms with Crippen LogP contribution in [0.1, 0.15) is 29.9 Å². The van der Waals surface area contributed by atoms with Crippen molar-refractivity contribution in [3.8, 4) is 6.07 Å². The molecule has 0 radical (unpaired) electrons. The Kier molecular flexibility index (Phi) is 2.60. The SMILES string of the molecule is COC(=O)c1ncn(CC2(CC#N)CC2)n1. The summed E-state index contributed by atoms with van der Waals surface area (Å²) in [6.45, 7) is 0.643. The van der Waals surface area contributed by atoms with Crippen molar-refractivity contribution in [1.82, 2.24) is 14.8 Å². The van der Waals surface area contributed by atoms with E-state index in [1.165, 1.54) is 13.4 Å². The molecule has 0 spiro atoms. The molecule has 1 aliphatic carbocycles. The number of carbonyl (C=O) groups excluding carboxylic acids is 1. The number of methoxy groups -OCH3 is 1. The van der Waals surface area contributed by atoms with Crippen molar-refractivity contribution < 1.29 is 9.53 Å². The summed E-state index contributed by atoms with van der Waals surface area (Å²) in [5.41, 5.74) is 0.0514. The fourth-order valence-corrected chi connectivity index (χ4v) is 1.63. The Morgan fingerprint density at radius 2 is 2.50 bits per heavy atom. The standard InChI is InChI=1S/C10H12N4O2/c1-16-9(15)8-12-7-14(13-8)6-10(2-3-10)4-5-11/h7H,2-4,6H2,1H3. The lowest BCUT2D eigenvalue weighted by Crippen LogP contribution is -2.13. The number of ether oxygens (including phenoxy) is 1. The van der Waals surface area contributed by atoms with Crippen molar-refractivity contribution in [3.05, 3.63) is 12.2 Å². The molecule has 2 rings (SSSR count). The predicted octanol–water partition coefficient (Wildman–Crippen LogP) is 0.759. The molecule has 84 valence electrons. The second-order valence-electron chi connectivity index (χ2n) is 4.09. The van der Waals surface area contributed by atoms with E-state index >= 15 is 0 Å². The third-order valence-electron chi connectivity index (χ3n) is 2.81. The van der Waals surface area contributed by atoms with E-state index in [0.29, 0.717) is 13.0 Å². The van der Waals surface area contributed by atoms with Crippen molar-refractivity contribution in [2.45, 2.75) is 25.8 Å². The van der Waals surface area contributed by atoms with Crippen molar-refractivity contribution in [3.63, 3.8) is 0 Å². The Hall–Kier alpha value is -1.90. The largest absolute Gasteiger partial charge is 0.463 e. The average molecular weight is 220 g/mol. The van der Waals surface area contributed by atoms with Gasteiger partial charge in [0.2, 0.25) is 0 Å². The predicted molar refractivity (Wildman–Crippen MR) is 53.3 cm³/mol. The molecule has 0 aliphatic heterocycles. The molecule has 1 aromatic rings. The Morgan fingerprint density at radius 3 is 3.06 bits per heavy atom. The minimum absolute atomic E-state index is 0.0514. The molecule has 1 heterocycles. The van der Waals surface area contributed by atoms with E-state index in [4.69, 9.17) is 5.26 Å². The van der Waals surface area contributed by atoms with E-state index in [9.17, 15) is 4.79 Å².